The third-order valence-corrected chi connectivity index (χ3v) is 4.07. The largest absolute Gasteiger partial charge is 0.396 e. The summed E-state index contributed by atoms with van der Waals surface area (Å²) in [6, 6.07) is 0. The molecule has 1 aliphatic carbocycles. The number of rotatable bonds is 4. The van der Waals surface area contributed by atoms with E-state index < -0.39 is 0 Å². The first kappa shape index (κ1) is 10.4. The molecule has 1 saturated carbocycles. The van der Waals surface area contributed by atoms with Crippen LogP contribution in [0.3, 0.4) is 0 Å². The number of thioether (sulfide) groups is 1. The van der Waals surface area contributed by atoms with E-state index >= 15 is 0 Å². The van der Waals surface area contributed by atoms with E-state index in [0.717, 1.165) is 16.9 Å². The van der Waals surface area contributed by atoms with Crippen molar-refractivity contribution >= 4 is 11.8 Å². The normalized spacial score (nSPS) is 30.5. The molecule has 1 fully saturated rings. The lowest BCUT2D eigenvalue weighted by atomic mass is 9.87. The Balaban J connectivity index is 2.16. The van der Waals surface area contributed by atoms with Crippen LogP contribution in [0.1, 0.15) is 39.0 Å². The van der Waals surface area contributed by atoms with E-state index in [9.17, 15) is 0 Å². The first-order valence-corrected chi connectivity index (χ1v) is 6.14. The van der Waals surface area contributed by atoms with Gasteiger partial charge in [-0.05, 0) is 18.8 Å². The molecule has 2 heteroatoms. The molecule has 0 radical (unpaired) electrons. The van der Waals surface area contributed by atoms with Crippen LogP contribution in [0.2, 0.25) is 0 Å². The molecular weight excluding hydrogens is 168 g/mol. The van der Waals surface area contributed by atoms with Gasteiger partial charge in [-0.25, -0.2) is 0 Å². The molecule has 72 valence electrons. The number of hydrogen-bond acceptors (Lipinski definition) is 2. The second-order valence-electron chi connectivity index (χ2n) is 3.66. The van der Waals surface area contributed by atoms with Crippen LogP contribution in [0, 0.1) is 5.92 Å². The predicted molar refractivity (Wildman–Crippen MR) is 55.6 cm³/mol. The highest BCUT2D eigenvalue weighted by molar-refractivity contribution is 7.99. The summed E-state index contributed by atoms with van der Waals surface area (Å²) < 4.78 is 0. The predicted octanol–water partition coefficient (Wildman–Crippen LogP) is 2.68. The molecule has 12 heavy (non-hydrogen) atoms. The Kier molecular flexibility index (Phi) is 5.08. The fourth-order valence-corrected chi connectivity index (χ4v) is 3.16. The first-order chi connectivity index (χ1) is 5.86. The van der Waals surface area contributed by atoms with Gasteiger partial charge >= 0.3 is 0 Å². The van der Waals surface area contributed by atoms with Gasteiger partial charge in [0.2, 0.25) is 0 Å². The fourth-order valence-electron chi connectivity index (χ4n) is 1.98. The zero-order valence-electron chi connectivity index (χ0n) is 7.96. The summed E-state index contributed by atoms with van der Waals surface area (Å²) >= 11 is 1.97. The molecule has 0 aromatic carbocycles. The van der Waals surface area contributed by atoms with Gasteiger partial charge in [-0.2, -0.15) is 11.8 Å². The van der Waals surface area contributed by atoms with Gasteiger partial charge in [0.1, 0.15) is 0 Å². The maximum Gasteiger partial charge on any atom is 0.0521 e. The molecule has 0 amide bonds. The Morgan fingerprint density at radius 2 is 2.25 bits per heavy atom. The van der Waals surface area contributed by atoms with Crippen LogP contribution in [-0.4, -0.2) is 22.7 Å². The molecule has 1 aliphatic rings. The van der Waals surface area contributed by atoms with Crippen molar-refractivity contribution < 1.29 is 5.11 Å². The average Bonchev–Trinajstić information content (AvgIpc) is 2.15. The molecule has 0 heterocycles. The minimum Gasteiger partial charge on any atom is -0.396 e. The first-order valence-electron chi connectivity index (χ1n) is 5.09. The fraction of sp³-hybridized carbons (Fsp3) is 1.00. The van der Waals surface area contributed by atoms with Crippen LogP contribution < -0.4 is 0 Å². The van der Waals surface area contributed by atoms with Crippen LogP contribution in [0.15, 0.2) is 0 Å². The van der Waals surface area contributed by atoms with Crippen molar-refractivity contribution in [2.75, 3.05) is 12.4 Å². The van der Waals surface area contributed by atoms with Crippen LogP contribution >= 0.6 is 11.8 Å². The summed E-state index contributed by atoms with van der Waals surface area (Å²) in [5, 5.41) is 9.54. The molecule has 1 N–H and O–H groups in total. The summed E-state index contributed by atoms with van der Waals surface area (Å²) in [6.07, 6.45) is 6.95. The zero-order chi connectivity index (χ0) is 8.81. The van der Waals surface area contributed by atoms with Crippen molar-refractivity contribution in [1.82, 2.24) is 0 Å². The Bertz CT molecular complexity index is 116. The molecule has 2 atom stereocenters. The summed E-state index contributed by atoms with van der Waals surface area (Å²) in [5.41, 5.74) is 0. The van der Waals surface area contributed by atoms with Gasteiger partial charge in [0.25, 0.3) is 0 Å². The standard InChI is InChI=1S/C10H20OS/c1-2-9-4-3-5-10(8-9)12-7-6-11/h9-11H,2-8H2,1H3. The third-order valence-electron chi connectivity index (χ3n) is 2.76. The minimum atomic E-state index is 0.345. The molecule has 0 spiro atoms. The van der Waals surface area contributed by atoms with Crippen molar-refractivity contribution in [3.63, 3.8) is 0 Å². The Morgan fingerprint density at radius 3 is 2.92 bits per heavy atom. The van der Waals surface area contributed by atoms with Crippen molar-refractivity contribution in [3.05, 3.63) is 0 Å². The molecule has 1 nitrogen and oxygen atoms in total. The maximum atomic E-state index is 8.70. The lowest BCUT2D eigenvalue weighted by Gasteiger charge is -2.27. The van der Waals surface area contributed by atoms with Crippen LogP contribution in [-0.2, 0) is 0 Å². The topological polar surface area (TPSA) is 20.2 Å². The van der Waals surface area contributed by atoms with E-state index in [2.05, 4.69) is 6.92 Å². The van der Waals surface area contributed by atoms with Gasteiger partial charge in [0, 0.05) is 11.0 Å². The van der Waals surface area contributed by atoms with E-state index in [-0.39, 0.29) is 0 Å². The molecule has 0 saturated heterocycles. The molecule has 1 rings (SSSR count). The summed E-state index contributed by atoms with van der Waals surface area (Å²) in [5.74, 6) is 1.90. The number of aliphatic hydroxyl groups is 1. The maximum absolute atomic E-state index is 8.70. The van der Waals surface area contributed by atoms with Gasteiger partial charge in [-0.3, -0.25) is 0 Å². The van der Waals surface area contributed by atoms with Crippen molar-refractivity contribution in [1.29, 1.82) is 0 Å². The van der Waals surface area contributed by atoms with Gasteiger partial charge in [-0.1, -0.05) is 26.2 Å². The smallest absolute Gasteiger partial charge is 0.0521 e. The lowest BCUT2D eigenvalue weighted by molar-refractivity contribution is 0.321. The van der Waals surface area contributed by atoms with Crippen LogP contribution in [0.5, 0.6) is 0 Å². The monoisotopic (exact) mass is 188 g/mol. The molecule has 2 unspecified atom stereocenters. The second kappa shape index (κ2) is 5.87. The van der Waals surface area contributed by atoms with E-state index in [1.54, 1.807) is 0 Å². The van der Waals surface area contributed by atoms with E-state index in [1.807, 2.05) is 11.8 Å². The SMILES string of the molecule is CCC1CCCC(SCCO)C1. The van der Waals surface area contributed by atoms with Crippen LogP contribution in [0.25, 0.3) is 0 Å². The number of aliphatic hydroxyl groups excluding tert-OH is 1. The van der Waals surface area contributed by atoms with Crippen molar-refractivity contribution in [2.45, 2.75) is 44.3 Å². The Morgan fingerprint density at radius 1 is 1.42 bits per heavy atom. The zero-order valence-corrected chi connectivity index (χ0v) is 8.78. The van der Waals surface area contributed by atoms with Crippen molar-refractivity contribution in [2.24, 2.45) is 5.92 Å². The molecule has 0 aliphatic heterocycles. The van der Waals surface area contributed by atoms with Gasteiger partial charge < -0.3 is 5.11 Å². The highest BCUT2D eigenvalue weighted by atomic mass is 32.2. The van der Waals surface area contributed by atoms with E-state index in [1.165, 1.54) is 32.1 Å². The number of hydrogen-bond donors (Lipinski definition) is 1. The molecule has 0 aromatic heterocycles. The quantitative estimate of drug-likeness (QED) is 0.732. The van der Waals surface area contributed by atoms with E-state index in [4.69, 9.17) is 5.11 Å². The highest BCUT2D eigenvalue weighted by Crippen LogP contribution is 2.33. The summed E-state index contributed by atoms with van der Waals surface area (Å²) in [6.45, 7) is 2.64. The van der Waals surface area contributed by atoms with Gasteiger partial charge in [0.05, 0.1) is 6.61 Å². The van der Waals surface area contributed by atoms with Gasteiger partial charge in [-0.15, -0.1) is 0 Å². The summed E-state index contributed by atoms with van der Waals surface area (Å²) in [4.78, 5) is 0. The second-order valence-corrected chi connectivity index (χ2v) is 5.07. The van der Waals surface area contributed by atoms with Crippen molar-refractivity contribution in [3.8, 4) is 0 Å². The molecule has 0 aromatic rings. The Labute approximate surface area is 79.9 Å². The minimum absolute atomic E-state index is 0.345. The van der Waals surface area contributed by atoms with Crippen LogP contribution in [0.4, 0.5) is 0 Å². The molecular formula is C10H20OS. The molecule has 0 bridgehead atoms. The highest BCUT2D eigenvalue weighted by Gasteiger charge is 2.20. The van der Waals surface area contributed by atoms with Gasteiger partial charge in [0.15, 0.2) is 0 Å². The third kappa shape index (κ3) is 3.36. The Hall–Kier alpha value is 0.310. The van der Waals surface area contributed by atoms with E-state index in [0.29, 0.717) is 6.61 Å². The lowest BCUT2D eigenvalue weighted by Crippen LogP contribution is -2.17. The summed E-state index contributed by atoms with van der Waals surface area (Å²) in [7, 11) is 0. The average molecular weight is 188 g/mol.